The van der Waals surface area contributed by atoms with Crippen molar-refractivity contribution in [3.63, 3.8) is 0 Å². The Bertz CT molecular complexity index is 925. The molecule has 2 heterocycles. The number of carbonyl (C=O) groups excluding carboxylic acids is 1. The molecule has 0 saturated carbocycles. The van der Waals surface area contributed by atoms with E-state index in [1.54, 1.807) is 11.3 Å². The van der Waals surface area contributed by atoms with Crippen LogP contribution in [0.25, 0.3) is 10.2 Å². The molecule has 2 aromatic heterocycles. The monoisotopic (exact) mass is 385 g/mol. The molecule has 0 aromatic carbocycles. The highest BCUT2D eigenvalue weighted by Crippen LogP contribution is 2.32. The van der Waals surface area contributed by atoms with Gasteiger partial charge in [0.25, 0.3) is 5.56 Å². The number of nitrogens with zero attached hydrogens (tertiary/aromatic N) is 2. The number of carbonyl (C=O) groups is 1. The molecule has 0 aliphatic heterocycles. The smallest absolute Gasteiger partial charge is 0.262 e. The van der Waals surface area contributed by atoms with Gasteiger partial charge in [-0.3, -0.25) is 14.2 Å². The first-order valence-corrected chi connectivity index (χ1v) is 11.0. The Morgan fingerprint density at radius 1 is 1.15 bits per heavy atom. The zero-order valence-corrected chi connectivity index (χ0v) is 16.6. The summed E-state index contributed by atoms with van der Waals surface area (Å²) in [4.78, 5) is 31.9. The maximum Gasteiger partial charge on any atom is 0.262 e. The molecule has 0 radical (unpaired) electrons. The summed E-state index contributed by atoms with van der Waals surface area (Å²) in [6, 6.07) is 0. The number of hydrogen-bond donors (Lipinski definition) is 1. The van der Waals surface area contributed by atoms with Crippen molar-refractivity contribution >= 4 is 27.5 Å². The molecule has 1 amide bonds. The fourth-order valence-electron chi connectivity index (χ4n) is 4.18. The Morgan fingerprint density at radius 3 is 2.85 bits per heavy atom. The van der Waals surface area contributed by atoms with E-state index in [1.165, 1.54) is 52.6 Å². The summed E-state index contributed by atoms with van der Waals surface area (Å²) in [5.74, 6) is -0.115. The predicted molar refractivity (Wildman–Crippen MR) is 109 cm³/mol. The van der Waals surface area contributed by atoms with Crippen LogP contribution in [0.2, 0.25) is 0 Å². The van der Waals surface area contributed by atoms with Crippen molar-refractivity contribution in [2.24, 2.45) is 0 Å². The molecule has 4 rings (SSSR count). The van der Waals surface area contributed by atoms with Crippen molar-refractivity contribution in [3.05, 3.63) is 38.8 Å². The van der Waals surface area contributed by atoms with Crippen LogP contribution in [0.4, 0.5) is 0 Å². The zero-order chi connectivity index (χ0) is 18.6. The molecule has 1 N–H and O–H groups in total. The summed E-state index contributed by atoms with van der Waals surface area (Å²) < 4.78 is 1.47. The number of fused-ring (bicyclic) bond motifs is 3. The van der Waals surface area contributed by atoms with Crippen LogP contribution in [0, 0.1) is 0 Å². The van der Waals surface area contributed by atoms with E-state index < -0.39 is 0 Å². The molecule has 2 aromatic rings. The van der Waals surface area contributed by atoms with Crippen LogP contribution in [0.5, 0.6) is 0 Å². The van der Waals surface area contributed by atoms with E-state index in [0.29, 0.717) is 6.54 Å². The van der Waals surface area contributed by atoms with E-state index in [0.717, 1.165) is 48.7 Å². The van der Waals surface area contributed by atoms with Gasteiger partial charge in [-0.25, -0.2) is 4.98 Å². The quantitative estimate of drug-likeness (QED) is 0.630. The average Bonchev–Trinajstić information content (AvgIpc) is 2.87. The van der Waals surface area contributed by atoms with E-state index in [1.807, 2.05) is 0 Å². The standard InChI is InChI=1S/C21H27N3O2S/c25-18(22-12-11-15-7-3-1-4-8-15)13-24-14-23-20-19(21(24)26)16-9-5-2-6-10-17(16)27-20/h7,14H,1-6,8-13H2,(H,22,25). The van der Waals surface area contributed by atoms with Crippen molar-refractivity contribution in [2.75, 3.05) is 6.54 Å². The van der Waals surface area contributed by atoms with Crippen molar-refractivity contribution < 1.29 is 4.79 Å². The van der Waals surface area contributed by atoms with Gasteiger partial charge in [-0.2, -0.15) is 0 Å². The molecule has 0 atom stereocenters. The summed E-state index contributed by atoms with van der Waals surface area (Å²) in [7, 11) is 0. The Labute approximate surface area is 163 Å². The first-order valence-electron chi connectivity index (χ1n) is 10.2. The molecule has 0 fully saturated rings. The molecule has 0 bridgehead atoms. The molecule has 5 nitrogen and oxygen atoms in total. The van der Waals surface area contributed by atoms with Gasteiger partial charge in [-0.15, -0.1) is 11.3 Å². The van der Waals surface area contributed by atoms with Gasteiger partial charge in [0.2, 0.25) is 5.91 Å². The fraction of sp³-hybridized carbons (Fsp3) is 0.571. The molecule has 6 heteroatoms. The van der Waals surface area contributed by atoms with Crippen LogP contribution in [-0.2, 0) is 24.2 Å². The maximum atomic E-state index is 13.0. The van der Waals surface area contributed by atoms with E-state index in [9.17, 15) is 9.59 Å². The number of hydrogen-bond acceptors (Lipinski definition) is 4. The van der Waals surface area contributed by atoms with E-state index in [2.05, 4.69) is 16.4 Å². The molecule has 144 valence electrons. The predicted octanol–water partition coefficient (Wildman–Crippen LogP) is 3.73. The second-order valence-electron chi connectivity index (χ2n) is 7.63. The number of rotatable bonds is 5. The second kappa shape index (κ2) is 8.38. The van der Waals surface area contributed by atoms with Gasteiger partial charge in [-0.1, -0.05) is 18.1 Å². The van der Waals surface area contributed by atoms with Gasteiger partial charge in [0.1, 0.15) is 11.4 Å². The maximum absolute atomic E-state index is 13.0. The average molecular weight is 386 g/mol. The number of aryl methyl sites for hydroxylation is 2. The number of nitrogens with one attached hydrogen (secondary N) is 1. The highest BCUT2D eigenvalue weighted by molar-refractivity contribution is 7.18. The topological polar surface area (TPSA) is 64.0 Å². The van der Waals surface area contributed by atoms with Crippen LogP contribution in [0.1, 0.15) is 61.8 Å². The summed E-state index contributed by atoms with van der Waals surface area (Å²) in [5, 5.41) is 3.70. The first kappa shape index (κ1) is 18.4. The molecular formula is C21H27N3O2S. The van der Waals surface area contributed by atoms with Crippen LogP contribution < -0.4 is 10.9 Å². The minimum absolute atomic E-state index is 0.0471. The lowest BCUT2D eigenvalue weighted by atomic mass is 9.97. The van der Waals surface area contributed by atoms with Gasteiger partial charge >= 0.3 is 0 Å². The van der Waals surface area contributed by atoms with Crippen LogP contribution >= 0.6 is 11.3 Å². The number of allylic oxidation sites excluding steroid dienone is 1. The third kappa shape index (κ3) is 4.15. The molecular weight excluding hydrogens is 358 g/mol. The number of amides is 1. The fourth-order valence-corrected chi connectivity index (χ4v) is 5.39. The highest BCUT2D eigenvalue weighted by Gasteiger charge is 2.19. The van der Waals surface area contributed by atoms with E-state index >= 15 is 0 Å². The first-order chi connectivity index (χ1) is 13.2. The van der Waals surface area contributed by atoms with Crippen LogP contribution in [0.15, 0.2) is 22.8 Å². The van der Waals surface area contributed by atoms with Gasteiger partial charge in [0.15, 0.2) is 0 Å². The van der Waals surface area contributed by atoms with Gasteiger partial charge in [0, 0.05) is 11.4 Å². The van der Waals surface area contributed by atoms with E-state index in [-0.39, 0.29) is 18.0 Å². The van der Waals surface area contributed by atoms with Gasteiger partial charge in [-0.05, 0) is 63.4 Å². The molecule has 0 unspecified atom stereocenters. The highest BCUT2D eigenvalue weighted by atomic mass is 32.1. The molecule has 27 heavy (non-hydrogen) atoms. The second-order valence-corrected chi connectivity index (χ2v) is 8.71. The van der Waals surface area contributed by atoms with Gasteiger partial charge < -0.3 is 5.32 Å². The summed E-state index contributed by atoms with van der Waals surface area (Å²) in [6.07, 6.45) is 15.1. The lowest BCUT2D eigenvalue weighted by Gasteiger charge is -2.13. The molecule has 0 spiro atoms. The Hall–Kier alpha value is -1.95. The largest absolute Gasteiger partial charge is 0.354 e. The lowest BCUT2D eigenvalue weighted by molar-refractivity contribution is -0.121. The number of thiophene rings is 1. The zero-order valence-electron chi connectivity index (χ0n) is 15.8. The summed E-state index contributed by atoms with van der Waals surface area (Å²) in [6.45, 7) is 0.689. The van der Waals surface area contributed by atoms with Crippen molar-refractivity contribution in [3.8, 4) is 0 Å². The molecule has 2 aliphatic rings. The summed E-state index contributed by atoms with van der Waals surface area (Å²) in [5.41, 5.74) is 2.57. The van der Waals surface area contributed by atoms with Crippen LogP contribution in [0.3, 0.4) is 0 Å². The normalized spacial score (nSPS) is 17.3. The molecule has 2 aliphatic carbocycles. The third-order valence-electron chi connectivity index (χ3n) is 5.66. The van der Waals surface area contributed by atoms with Crippen LogP contribution in [-0.4, -0.2) is 22.0 Å². The van der Waals surface area contributed by atoms with Crippen molar-refractivity contribution in [2.45, 2.75) is 70.8 Å². The minimum Gasteiger partial charge on any atom is -0.354 e. The lowest BCUT2D eigenvalue weighted by Crippen LogP contribution is -2.33. The number of aromatic nitrogens is 2. The summed E-state index contributed by atoms with van der Waals surface area (Å²) >= 11 is 1.65. The van der Waals surface area contributed by atoms with Gasteiger partial charge in [0.05, 0.1) is 11.7 Å². The van der Waals surface area contributed by atoms with Crippen molar-refractivity contribution in [1.82, 2.24) is 14.9 Å². The Kier molecular flexibility index (Phi) is 5.72. The Balaban J connectivity index is 1.44. The Morgan fingerprint density at radius 2 is 2.00 bits per heavy atom. The third-order valence-corrected chi connectivity index (χ3v) is 6.86. The molecule has 0 saturated heterocycles. The minimum atomic E-state index is -0.115. The van der Waals surface area contributed by atoms with E-state index in [4.69, 9.17) is 0 Å². The SMILES string of the molecule is O=C(Cn1cnc2sc3c(c2c1=O)CCCCC3)NCCC1=CCCCC1. The van der Waals surface area contributed by atoms with Crippen molar-refractivity contribution in [1.29, 1.82) is 0 Å².